The van der Waals surface area contributed by atoms with E-state index in [2.05, 4.69) is 10.4 Å². The quantitative estimate of drug-likeness (QED) is 0.804. The Hall–Kier alpha value is -2.63. The van der Waals surface area contributed by atoms with Gasteiger partial charge in [-0.2, -0.15) is 5.10 Å². The molecule has 0 saturated carbocycles. The zero-order valence-corrected chi connectivity index (χ0v) is 13.7. The smallest absolute Gasteiger partial charge is 0.291 e. The Balaban J connectivity index is 2.35. The van der Waals surface area contributed by atoms with E-state index in [9.17, 15) is 9.59 Å². The van der Waals surface area contributed by atoms with E-state index in [1.807, 2.05) is 49.6 Å². The molecule has 0 aliphatic heterocycles. The molecular weight excluding hydrogens is 292 g/mol. The number of carbonyl (C=O) groups is 1. The van der Waals surface area contributed by atoms with E-state index in [1.54, 1.807) is 13.2 Å². The number of aryl methyl sites for hydroxylation is 1. The number of fused-ring (bicyclic) bond motifs is 3. The molecule has 1 atom stereocenters. The number of aromatic nitrogens is 3. The van der Waals surface area contributed by atoms with Crippen LogP contribution in [0.5, 0.6) is 0 Å². The van der Waals surface area contributed by atoms with Crippen LogP contribution in [0.3, 0.4) is 0 Å². The van der Waals surface area contributed by atoms with Gasteiger partial charge in [0, 0.05) is 23.9 Å². The third-order valence-electron chi connectivity index (χ3n) is 4.00. The van der Waals surface area contributed by atoms with Gasteiger partial charge >= 0.3 is 0 Å². The van der Waals surface area contributed by atoms with E-state index < -0.39 is 6.04 Å². The largest absolute Gasteiger partial charge is 0.352 e. The minimum absolute atomic E-state index is 0.0440. The maximum Gasteiger partial charge on any atom is 0.291 e. The molecule has 0 fully saturated rings. The predicted octanol–water partition coefficient (Wildman–Crippen LogP) is 1.97. The van der Waals surface area contributed by atoms with E-state index in [4.69, 9.17) is 0 Å². The average molecular weight is 312 g/mol. The number of nitrogens with one attached hydrogen (secondary N) is 1. The summed E-state index contributed by atoms with van der Waals surface area (Å²) in [6.07, 6.45) is 1.68. The fraction of sp³-hybridized carbons (Fsp3) is 0.353. The van der Waals surface area contributed by atoms with Gasteiger partial charge in [0.15, 0.2) is 0 Å². The first kappa shape index (κ1) is 15.3. The molecule has 3 rings (SSSR count). The number of nitrogens with zero attached hydrogens (tertiary/aromatic N) is 3. The second-order valence-corrected chi connectivity index (χ2v) is 6.06. The van der Waals surface area contributed by atoms with Crippen LogP contribution in [0.25, 0.3) is 21.8 Å². The molecule has 0 spiro atoms. The van der Waals surface area contributed by atoms with Crippen LogP contribution in [0.2, 0.25) is 0 Å². The van der Waals surface area contributed by atoms with Gasteiger partial charge in [0.25, 0.3) is 5.56 Å². The topological polar surface area (TPSA) is 68.9 Å². The molecule has 0 aliphatic carbocycles. The summed E-state index contributed by atoms with van der Waals surface area (Å²) in [6, 6.07) is 7.25. The van der Waals surface area contributed by atoms with Gasteiger partial charge in [-0.3, -0.25) is 9.59 Å². The van der Waals surface area contributed by atoms with Gasteiger partial charge in [-0.25, -0.2) is 4.68 Å². The first-order chi connectivity index (χ1) is 10.9. The summed E-state index contributed by atoms with van der Waals surface area (Å²) < 4.78 is 3.11. The Labute approximate surface area is 133 Å². The minimum atomic E-state index is -0.491. The van der Waals surface area contributed by atoms with Crippen LogP contribution < -0.4 is 10.9 Å². The zero-order valence-electron chi connectivity index (χ0n) is 13.7. The molecule has 1 N–H and O–H groups in total. The highest BCUT2D eigenvalue weighted by Crippen LogP contribution is 2.29. The van der Waals surface area contributed by atoms with Crippen molar-refractivity contribution in [1.82, 2.24) is 19.7 Å². The Bertz CT molecular complexity index is 952. The van der Waals surface area contributed by atoms with Crippen molar-refractivity contribution in [2.75, 3.05) is 0 Å². The summed E-state index contributed by atoms with van der Waals surface area (Å²) in [5.74, 6) is -0.110. The lowest BCUT2D eigenvalue weighted by Gasteiger charge is -2.18. The molecule has 0 saturated heterocycles. The molecule has 2 heterocycles. The molecule has 0 radical (unpaired) electrons. The monoisotopic (exact) mass is 312 g/mol. The van der Waals surface area contributed by atoms with Crippen molar-refractivity contribution in [3.05, 3.63) is 40.8 Å². The third-order valence-corrected chi connectivity index (χ3v) is 4.00. The van der Waals surface area contributed by atoms with Crippen molar-refractivity contribution in [3.63, 3.8) is 0 Å². The maximum atomic E-state index is 12.6. The fourth-order valence-electron chi connectivity index (χ4n) is 2.91. The average Bonchev–Trinajstić information content (AvgIpc) is 2.84. The number of hydrogen-bond acceptors (Lipinski definition) is 3. The van der Waals surface area contributed by atoms with Crippen LogP contribution in [0.4, 0.5) is 0 Å². The fourth-order valence-corrected chi connectivity index (χ4v) is 2.91. The summed E-state index contributed by atoms with van der Waals surface area (Å²) in [5.41, 5.74) is 1.16. The number of amides is 1. The molecule has 6 nitrogen and oxygen atoms in total. The molecule has 2 aromatic heterocycles. The number of hydrogen-bond donors (Lipinski definition) is 1. The Kier molecular flexibility index (Phi) is 3.67. The van der Waals surface area contributed by atoms with Gasteiger partial charge in [0.2, 0.25) is 5.91 Å². The van der Waals surface area contributed by atoms with Gasteiger partial charge in [0.05, 0.1) is 11.7 Å². The predicted molar refractivity (Wildman–Crippen MR) is 90.5 cm³/mol. The van der Waals surface area contributed by atoms with Crippen molar-refractivity contribution >= 4 is 27.7 Å². The molecule has 6 heteroatoms. The zero-order chi connectivity index (χ0) is 16.7. The van der Waals surface area contributed by atoms with Crippen molar-refractivity contribution in [2.45, 2.75) is 32.9 Å². The molecule has 0 bridgehead atoms. The van der Waals surface area contributed by atoms with Crippen LogP contribution in [-0.4, -0.2) is 26.3 Å². The lowest BCUT2D eigenvalue weighted by atomic mass is 10.2. The molecule has 3 aromatic rings. The Morgan fingerprint density at radius 2 is 1.87 bits per heavy atom. The molecule has 0 unspecified atom stereocenters. The minimum Gasteiger partial charge on any atom is -0.352 e. The SMILES string of the molecule is CC(C)NC(=O)[C@@H](C)n1c2ccccc2c2cnn(C)c(=O)c21. The first-order valence-electron chi connectivity index (χ1n) is 7.67. The molecule has 23 heavy (non-hydrogen) atoms. The van der Waals surface area contributed by atoms with Crippen molar-refractivity contribution in [2.24, 2.45) is 7.05 Å². The molecule has 120 valence electrons. The van der Waals surface area contributed by atoms with Crippen LogP contribution in [0.1, 0.15) is 26.8 Å². The number of rotatable bonds is 3. The van der Waals surface area contributed by atoms with E-state index >= 15 is 0 Å². The van der Waals surface area contributed by atoms with Crippen molar-refractivity contribution in [1.29, 1.82) is 0 Å². The normalized spacial score (nSPS) is 12.9. The van der Waals surface area contributed by atoms with Crippen molar-refractivity contribution in [3.8, 4) is 0 Å². The van der Waals surface area contributed by atoms with Crippen LogP contribution in [0.15, 0.2) is 35.3 Å². The van der Waals surface area contributed by atoms with E-state index in [1.165, 1.54) is 4.68 Å². The van der Waals surface area contributed by atoms with Crippen LogP contribution in [-0.2, 0) is 11.8 Å². The lowest BCUT2D eigenvalue weighted by Crippen LogP contribution is -2.36. The first-order valence-corrected chi connectivity index (χ1v) is 7.67. The van der Waals surface area contributed by atoms with Crippen LogP contribution in [0, 0.1) is 0 Å². The summed E-state index contributed by atoms with van der Waals surface area (Å²) in [5, 5.41) is 8.72. The molecule has 0 aliphatic rings. The van der Waals surface area contributed by atoms with E-state index in [-0.39, 0.29) is 17.5 Å². The van der Waals surface area contributed by atoms with Gasteiger partial charge in [0.1, 0.15) is 11.6 Å². The van der Waals surface area contributed by atoms with Crippen LogP contribution >= 0.6 is 0 Å². The highest BCUT2D eigenvalue weighted by Gasteiger charge is 2.23. The molecule has 1 amide bonds. The molecular formula is C17H20N4O2. The van der Waals surface area contributed by atoms with Gasteiger partial charge < -0.3 is 9.88 Å². The highest BCUT2D eigenvalue weighted by atomic mass is 16.2. The lowest BCUT2D eigenvalue weighted by molar-refractivity contribution is -0.124. The van der Waals surface area contributed by atoms with Gasteiger partial charge in [-0.15, -0.1) is 0 Å². The number of benzene rings is 1. The summed E-state index contributed by atoms with van der Waals surface area (Å²) >= 11 is 0. The summed E-state index contributed by atoms with van der Waals surface area (Å²) in [6.45, 7) is 5.64. The maximum absolute atomic E-state index is 12.6. The summed E-state index contributed by atoms with van der Waals surface area (Å²) in [7, 11) is 1.61. The molecule has 1 aromatic carbocycles. The second-order valence-electron chi connectivity index (χ2n) is 6.06. The second kappa shape index (κ2) is 5.53. The van der Waals surface area contributed by atoms with Gasteiger partial charge in [-0.1, -0.05) is 18.2 Å². The Morgan fingerprint density at radius 3 is 2.57 bits per heavy atom. The number of carbonyl (C=O) groups excluding carboxylic acids is 1. The Morgan fingerprint density at radius 1 is 1.17 bits per heavy atom. The number of para-hydroxylation sites is 1. The van der Waals surface area contributed by atoms with Crippen molar-refractivity contribution < 1.29 is 4.79 Å². The third kappa shape index (κ3) is 2.40. The van der Waals surface area contributed by atoms with E-state index in [0.29, 0.717) is 5.52 Å². The standard InChI is InChI=1S/C17H20N4O2/c1-10(2)19-16(22)11(3)21-14-8-6-5-7-12(14)13-9-18-20(4)17(23)15(13)21/h5-11H,1-4H3,(H,19,22)/t11-/m1/s1. The summed E-state index contributed by atoms with van der Waals surface area (Å²) in [4.78, 5) is 25.1. The highest BCUT2D eigenvalue weighted by molar-refractivity contribution is 6.08. The van der Waals surface area contributed by atoms with E-state index in [0.717, 1.165) is 16.3 Å². The van der Waals surface area contributed by atoms with Gasteiger partial charge in [-0.05, 0) is 26.8 Å².